The molecule has 1 saturated carbocycles. The Balaban J connectivity index is 1.42. The normalized spacial score (nSPS) is 19.7. The fourth-order valence-electron chi connectivity index (χ4n) is 3.42. The highest BCUT2D eigenvalue weighted by atomic mass is 16.1. The summed E-state index contributed by atoms with van der Waals surface area (Å²) in [5, 5.41) is 20.8. The van der Waals surface area contributed by atoms with Crippen LogP contribution in [-0.4, -0.2) is 29.2 Å². The van der Waals surface area contributed by atoms with Crippen LogP contribution >= 0.6 is 0 Å². The van der Waals surface area contributed by atoms with Gasteiger partial charge in [0.15, 0.2) is 5.82 Å². The minimum absolute atomic E-state index is 0.0417. The van der Waals surface area contributed by atoms with Gasteiger partial charge in [-0.1, -0.05) is 12.1 Å². The lowest BCUT2D eigenvalue weighted by Gasteiger charge is -2.32. The quantitative estimate of drug-likeness (QED) is 0.919. The largest absolute Gasteiger partial charge is 0.354 e. The van der Waals surface area contributed by atoms with Crippen molar-refractivity contribution in [3.63, 3.8) is 0 Å². The number of amides is 1. The van der Waals surface area contributed by atoms with Crippen molar-refractivity contribution in [2.75, 3.05) is 23.3 Å². The van der Waals surface area contributed by atoms with Crippen molar-refractivity contribution in [1.82, 2.24) is 10.2 Å². The van der Waals surface area contributed by atoms with Gasteiger partial charge in [-0.15, -0.1) is 5.10 Å². The molecule has 6 nitrogen and oxygen atoms in total. The highest BCUT2D eigenvalue weighted by Gasteiger charge is 2.28. The first-order valence-electron chi connectivity index (χ1n) is 9.13. The minimum atomic E-state index is -0.125. The van der Waals surface area contributed by atoms with Gasteiger partial charge in [-0.2, -0.15) is 10.4 Å². The maximum atomic E-state index is 12.7. The monoisotopic (exact) mass is 347 g/mol. The van der Waals surface area contributed by atoms with Crippen LogP contribution in [0.5, 0.6) is 0 Å². The number of para-hydroxylation sites is 1. The molecule has 1 amide bonds. The lowest BCUT2D eigenvalue weighted by molar-refractivity contribution is -0.120. The van der Waals surface area contributed by atoms with Gasteiger partial charge in [-0.25, -0.2) is 0 Å². The summed E-state index contributed by atoms with van der Waals surface area (Å²) in [5.74, 6) is 1.27. The van der Waals surface area contributed by atoms with Gasteiger partial charge in [0.05, 0.1) is 22.9 Å². The number of carbonyl (C=O) groups excluding carboxylic acids is 1. The third-order valence-corrected chi connectivity index (χ3v) is 5.09. The molecule has 0 spiro atoms. The third-order valence-electron chi connectivity index (χ3n) is 5.09. The predicted molar refractivity (Wildman–Crippen MR) is 98.7 cm³/mol. The summed E-state index contributed by atoms with van der Waals surface area (Å²) >= 11 is 0. The van der Waals surface area contributed by atoms with Crippen LogP contribution < -0.4 is 10.2 Å². The standard InChI is InChI=1S/C20H21N5O/c21-12-15-4-1-2-6-17(15)22-20(26)16-5-3-11-25(13-16)19-10-9-18(23-24-19)14-7-8-14/h1-2,4,6,9-10,14,16H,3,5,7-8,11,13H2,(H,22,26). The first-order valence-corrected chi connectivity index (χ1v) is 9.13. The number of anilines is 2. The fraction of sp³-hybridized carbons (Fsp3) is 0.400. The third kappa shape index (κ3) is 3.52. The molecule has 2 fully saturated rings. The summed E-state index contributed by atoms with van der Waals surface area (Å²) < 4.78 is 0. The molecule has 1 aliphatic heterocycles. The zero-order chi connectivity index (χ0) is 17.9. The topological polar surface area (TPSA) is 81.9 Å². The van der Waals surface area contributed by atoms with Gasteiger partial charge in [-0.3, -0.25) is 4.79 Å². The van der Waals surface area contributed by atoms with Crippen LogP contribution in [0.3, 0.4) is 0 Å². The van der Waals surface area contributed by atoms with Crippen LogP contribution in [0, 0.1) is 17.2 Å². The molecule has 1 N–H and O–H groups in total. The van der Waals surface area contributed by atoms with Crippen LogP contribution in [0.1, 0.15) is 42.9 Å². The summed E-state index contributed by atoms with van der Waals surface area (Å²) in [5.41, 5.74) is 2.13. The molecule has 2 aromatic rings. The summed E-state index contributed by atoms with van der Waals surface area (Å²) in [4.78, 5) is 14.8. The van der Waals surface area contributed by atoms with Gasteiger partial charge in [0, 0.05) is 19.0 Å². The number of benzene rings is 1. The molecule has 132 valence electrons. The van der Waals surface area contributed by atoms with Crippen LogP contribution in [0.15, 0.2) is 36.4 Å². The Labute approximate surface area is 152 Å². The van der Waals surface area contributed by atoms with E-state index in [9.17, 15) is 10.1 Å². The van der Waals surface area contributed by atoms with E-state index < -0.39 is 0 Å². The van der Waals surface area contributed by atoms with E-state index in [2.05, 4.69) is 32.5 Å². The molecule has 26 heavy (non-hydrogen) atoms. The van der Waals surface area contributed by atoms with E-state index in [0.717, 1.165) is 30.9 Å². The smallest absolute Gasteiger partial charge is 0.229 e. The number of nitrogens with one attached hydrogen (secondary N) is 1. The second kappa shape index (κ2) is 7.12. The summed E-state index contributed by atoms with van der Waals surface area (Å²) in [6.07, 6.45) is 4.20. The fourth-order valence-corrected chi connectivity index (χ4v) is 3.42. The number of rotatable bonds is 4. The molecule has 1 atom stereocenters. The Bertz CT molecular complexity index is 838. The number of hydrogen-bond donors (Lipinski definition) is 1. The second-order valence-corrected chi connectivity index (χ2v) is 7.02. The van der Waals surface area contributed by atoms with Crippen molar-refractivity contribution in [2.24, 2.45) is 5.92 Å². The van der Waals surface area contributed by atoms with Crippen molar-refractivity contribution in [2.45, 2.75) is 31.6 Å². The first kappa shape index (κ1) is 16.5. The molecule has 1 aromatic heterocycles. The van der Waals surface area contributed by atoms with Crippen molar-refractivity contribution in [1.29, 1.82) is 5.26 Å². The highest BCUT2D eigenvalue weighted by Crippen LogP contribution is 2.38. The van der Waals surface area contributed by atoms with Gasteiger partial charge in [0.1, 0.15) is 6.07 Å². The molecule has 1 saturated heterocycles. The molecule has 1 aromatic carbocycles. The summed E-state index contributed by atoms with van der Waals surface area (Å²) in [6.45, 7) is 1.51. The minimum Gasteiger partial charge on any atom is -0.354 e. The number of piperidine rings is 1. The lowest BCUT2D eigenvalue weighted by atomic mass is 9.97. The van der Waals surface area contributed by atoms with E-state index in [4.69, 9.17) is 0 Å². The Morgan fingerprint density at radius 2 is 2.00 bits per heavy atom. The molecule has 0 bridgehead atoms. The molecule has 1 unspecified atom stereocenters. The number of hydrogen-bond acceptors (Lipinski definition) is 5. The van der Waals surface area contributed by atoms with Gasteiger partial charge in [-0.05, 0) is 49.9 Å². The zero-order valence-electron chi connectivity index (χ0n) is 14.6. The zero-order valence-corrected chi connectivity index (χ0v) is 14.6. The maximum absolute atomic E-state index is 12.7. The molecular weight excluding hydrogens is 326 g/mol. The number of nitrogens with zero attached hydrogens (tertiary/aromatic N) is 4. The van der Waals surface area contributed by atoms with E-state index in [1.54, 1.807) is 18.2 Å². The highest BCUT2D eigenvalue weighted by molar-refractivity contribution is 5.94. The van der Waals surface area contributed by atoms with Crippen LogP contribution in [0.4, 0.5) is 11.5 Å². The van der Waals surface area contributed by atoms with E-state index in [1.165, 1.54) is 12.8 Å². The summed E-state index contributed by atoms with van der Waals surface area (Å²) in [7, 11) is 0. The molecule has 2 aliphatic rings. The SMILES string of the molecule is N#Cc1ccccc1NC(=O)C1CCCN(c2ccc(C3CC3)nn2)C1. The van der Waals surface area contributed by atoms with Crippen molar-refractivity contribution in [3.8, 4) is 6.07 Å². The Morgan fingerprint density at radius 3 is 2.73 bits per heavy atom. The Hall–Kier alpha value is -2.94. The van der Waals surface area contributed by atoms with Crippen molar-refractivity contribution >= 4 is 17.4 Å². The van der Waals surface area contributed by atoms with Crippen molar-refractivity contribution < 1.29 is 4.79 Å². The first-order chi connectivity index (χ1) is 12.7. The number of carbonyl (C=O) groups is 1. The summed E-state index contributed by atoms with van der Waals surface area (Å²) in [6, 6.07) is 13.3. The molecular formula is C20H21N5O. The van der Waals surface area contributed by atoms with E-state index in [1.807, 2.05) is 12.1 Å². The van der Waals surface area contributed by atoms with Gasteiger partial charge >= 0.3 is 0 Å². The van der Waals surface area contributed by atoms with Crippen LogP contribution in [0.25, 0.3) is 0 Å². The van der Waals surface area contributed by atoms with Crippen LogP contribution in [-0.2, 0) is 4.79 Å². The van der Waals surface area contributed by atoms with Crippen LogP contribution in [0.2, 0.25) is 0 Å². The lowest BCUT2D eigenvalue weighted by Crippen LogP contribution is -2.41. The van der Waals surface area contributed by atoms with Gasteiger partial charge < -0.3 is 10.2 Å². The molecule has 1 aliphatic carbocycles. The molecule has 6 heteroatoms. The molecule has 4 rings (SSSR count). The average Bonchev–Trinajstić information content (AvgIpc) is 3.54. The Morgan fingerprint density at radius 1 is 1.15 bits per heavy atom. The Kier molecular flexibility index (Phi) is 4.53. The van der Waals surface area contributed by atoms with E-state index in [-0.39, 0.29) is 11.8 Å². The number of nitriles is 1. The second-order valence-electron chi connectivity index (χ2n) is 7.02. The van der Waals surface area contributed by atoms with Gasteiger partial charge in [0.25, 0.3) is 0 Å². The predicted octanol–water partition coefficient (Wildman–Crippen LogP) is 3.08. The van der Waals surface area contributed by atoms with E-state index in [0.29, 0.717) is 23.7 Å². The van der Waals surface area contributed by atoms with Crippen molar-refractivity contribution in [3.05, 3.63) is 47.7 Å². The maximum Gasteiger partial charge on any atom is 0.229 e. The van der Waals surface area contributed by atoms with Gasteiger partial charge in [0.2, 0.25) is 5.91 Å². The molecule has 2 heterocycles. The number of aromatic nitrogens is 2. The average molecular weight is 347 g/mol. The molecule has 0 radical (unpaired) electrons. The van der Waals surface area contributed by atoms with E-state index >= 15 is 0 Å².